The topological polar surface area (TPSA) is 41.5 Å². The highest BCUT2D eigenvalue weighted by molar-refractivity contribution is 7.16. The molecule has 0 aliphatic rings. The largest absolute Gasteiger partial charge is 0.396 e. The lowest BCUT2D eigenvalue weighted by atomic mass is 10.2. The second-order valence-electron chi connectivity index (χ2n) is 3.69. The number of methoxy groups -OCH3 is 1. The number of aliphatic hydroxyl groups is 1. The normalized spacial score (nSPS) is 15.0. The summed E-state index contributed by atoms with van der Waals surface area (Å²) in [5.41, 5.74) is 0. The molecule has 92 valence electrons. The zero-order chi connectivity index (χ0) is 12.0. The van der Waals surface area contributed by atoms with E-state index in [1.165, 1.54) is 4.88 Å². The number of nitrogens with one attached hydrogen (secondary N) is 1. The highest BCUT2D eigenvalue weighted by Crippen LogP contribution is 2.26. The van der Waals surface area contributed by atoms with Crippen LogP contribution in [0.1, 0.15) is 24.3 Å². The zero-order valence-electron chi connectivity index (χ0n) is 9.57. The van der Waals surface area contributed by atoms with Crippen LogP contribution in [0.3, 0.4) is 0 Å². The Morgan fingerprint density at radius 3 is 2.81 bits per heavy atom. The summed E-state index contributed by atoms with van der Waals surface area (Å²) in [4.78, 5) is 1.20. The first-order valence-corrected chi connectivity index (χ1v) is 6.48. The summed E-state index contributed by atoms with van der Waals surface area (Å²) in [5.74, 6) is 0. The zero-order valence-corrected chi connectivity index (χ0v) is 11.1. The Labute approximate surface area is 105 Å². The summed E-state index contributed by atoms with van der Waals surface area (Å²) in [6.07, 6.45) is 0.692. The van der Waals surface area contributed by atoms with Crippen molar-refractivity contribution in [3.63, 3.8) is 0 Å². The van der Waals surface area contributed by atoms with Gasteiger partial charge in [0.05, 0.1) is 10.9 Å². The number of hydrogen-bond donors (Lipinski definition) is 2. The Balaban J connectivity index is 2.50. The molecule has 0 aliphatic heterocycles. The van der Waals surface area contributed by atoms with Gasteiger partial charge in [-0.05, 0) is 25.5 Å². The van der Waals surface area contributed by atoms with Crippen LogP contribution in [0.5, 0.6) is 0 Å². The molecule has 1 aromatic rings. The highest BCUT2D eigenvalue weighted by atomic mass is 35.5. The molecule has 0 bridgehead atoms. The molecule has 0 amide bonds. The maximum Gasteiger partial charge on any atom is 0.0931 e. The maximum atomic E-state index is 8.94. The minimum absolute atomic E-state index is 0.166. The number of thiophene rings is 1. The molecule has 1 rings (SSSR count). The van der Waals surface area contributed by atoms with Crippen molar-refractivity contribution in [3.05, 3.63) is 21.3 Å². The maximum absolute atomic E-state index is 8.94. The summed E-state index contributed by atoms with van der Waals surface area (Å²) in [6, 6.07) is 4.32. The fourth-order valence-corrected chi connectivity index (χ4v) is 2.64. The van der Waals surface area contributed by atoms with Gasteiger partial charge in [-0.1, -0.05) is 11.6 Å². The molecule has 2 atom stereocenters. The van der Waals surface area contributed by atoms with Crippen LogP contribution in [0.2, 0.25) is 4.34 Å². The predicted molar refractivity (Wildman–Crippen MR) is 68.2 cm³/mol. The Morgan fingerprint density at radius 1 is 1.56 bits per heavy atom. The molecule has 2 unspecified atom stereocenters. The van der Waals surface area contributed by atoms with Crippen LogP contribution < -0.4 is 5.32 Å². The molecule has 16 heavy (non-hydrogen) atoms. The highest BCUT2D eigenvalue weighted by Gasteiger charge is 2.14. The number of halogens is 1. The van der Waals surface area contributed by atoms with E-state index >= 15 is 0 Å². The van der Waals surface area contributed by atoms with Crippen molar-refractivity contribution in [1.29, 1.82) is 0 Å². The second-order valence-corrected chi connectivity index (χ2v) is 5.44. The minimum atomic E-state index is 0.166. The van der Waals surface area contributed by atoms with Crippen molar-refractivity contribution in [2.45, 2.75) is 25.4 Å². The molecule has 1 aromatic heterocycles. The lowest BCUT2D eigenvalue weighted by molar-refractivity contribution is 0.144. The van der Waals surface area contributed by atoms with Crippen molar-refractivity contribution in [2.75, 3.05) is 20.3 Å². The Hall–Kier alpha value is -0.130. The van der Waals surface area contributed by atoms with Gasteiger partial charge in [-0.25, -0.2) is 0 Å². The number of aliphatic hydroxyl groups excluding tert-OH is 1. The third kappa shape index (κ3) is 4.39. The van der Waals surface area contributed by atoms with Crippen molar-refractivity contribution >= 4 is 22.9 Å². The first kappa shape index (κ1) is 13.9. The Morgan fingerprint density at radius 2 is 2.31 bits per heavy atom. The summed E-state index contributed by atoms with van der Waals surface area (Å²) >= 11 is 7.46. The molecule has 0 fully saturated rings. The molecular weight excluding hydrogens is 246 g/mol. The van der Waals surface area contributed by atoms with E-state index in [0.29, 0.717) is 13.0 Å². The number of hydrogen-bond acceptors (Lipinski definition) is 4. The lowest BCUT2D eigenvalue weighted by Gasteiger charge is -2.21. The quantitative estimate of drug-likeness (QED) is 0.794. The van der Waals surface area contributed by atoms with E-state index in [4.69, 9.17) is 21.4 Å². The van der Waals surface area contributed by atoms with Crippen LogP contribution in [-0.4, -0.2) is 31.5 Å². The van der Waals surface area contributed by atoms with Gasteiger partial charge in [0, 0.05) is 30.7 Å². The smallest absolute Gasteiger partial charge is 0.0931 e. The van der Waals surface area contributed by atoms with Gasteiger partial charge >= 0.3 is 0 Å². The van der Waals surface area contributed by atoms with Gasteiger partial charge in [-0.15, -0.1) is 11.3 Å². The fourth-order valence-electron chi connectivity index (χ4n) is 1.57. The van der Waals surface area contributed by atoms with Crippen LogP contribution in [0.15, 0.2) is 12.1 Å². The molecule has 2 N–H and O–H groups in total. The monoisotopic (exact) mass is 263 g/mol. The van der Waals surface area contributed by atoms with Gasteiger partial charge in [0.2, 0.25) is 0 Å². The van der Waals surface area contributed by atoms with E-state index in [1.807, 2.05) is 12.1 Å². The molecule has 1 heterocycles. The lowest BCUT2D eigenvalue weighted by Crippen LogP contribution is -2.35. The standard InChI is InChI=1S/C11H18ClNO2S/c1-8(10-3-4-11(12)16-10)13-9(5-6-14)7-15-2/h3-4,8-9,13-14H,5-7H2,1-2H3. The first-order chi connectivity index (χ1) is 7.67. The van der Waals surface area contributed by atoms with Crippen LogP contribution in [-0.2, 0) is 4.74 Å². The van der Waals surface area contributed by atoms with Crippen molar-refractivity contribution in [2.24, 2.45) is 0 Å². The van der Waals surface area contributed by atoms with Crippen molar-refractivity contribution < 1.29 is 9.84 Å². The molecule has 3 nitrogen and oxygen atoms in total. The molecule has 0 saturated heterocycles. The summed E-state index contributed by atoms with van der Waals surface area (Å²) in [7, 11) is 1.67. The predicted octanol–water partition coefficient (Wildman–Crippen LogP) is 2.45. The van der Waals surface area contributed by atoms with Crippen LogP contribution in [0.25, 0.3) is 0 Å². The summed E-state index contributed by atoms with van der Waals surface area (Å²) < 4.78 is 5.90. The molecule has 0 aliphatic carbocycles. The molecular formula is C11H18ClNO2S. The van der Waals surface area contributed by atoms with E-state index in [9.17, 15) is 0 Å². The summed E-state index contributed by atoms with van der Waals surface area (Å²) in [6.45, 7) is 2.85. The minimum Gasteiger partial charge on any atom is -0.396 e. The van der Waals surface area contributed by atoms with Gasteiger partial charge in [0.1, 0.15) is 0 Å². The Kier molecular flexibility index (Phi) is 6.31. The third-order valence-electron chi connectivity index (χ3n) is 2.35. The first-order valence-electron chi connectivity index (χ1n) is 5.28. The van der Waals surface area contributed by atoms with E-state index in [2.05, 4.69) is 12.2 Å². The SMILES string of the molecule is COCC(CCO)NC(C)c1ccc(Cl)s1. The van der Waals surface area contributed by atoms with Gasteiger partial charge in [0.25, 0.3) is 0 Å². The second kappa shape index (κ2) is 7.25. The molecule has 0 spiro atoms. The van der Waals surface area contributed by atoms with E-state index < -0.39 is 0 Å². The Bertz CT molecular complexity index is 300. The average molecular weight is 264 g/mol. The number of ether oxygens (including phenoxy) is 1. The van der Waals surface area contributed by atoms with Gasteiger partial charge in [-0.2, -0.15) is 0 Å². The average Bonchev–Trinajstić information content (AvgIpc) is 2.65. The molecule has 5 heteroatoms. The van der Waals surface area contributed by atoms with Gasteiger partial charge in [-0.3, -0.25) is 0 Å². The van der Waals surface area contributed by atoms with Gasteiger partial charge in [0.15, 0.2) is 0 Å². The third-order valence-corrected chi connectivity index (χ3v) is 3.77. The van der Waals surface area contributed by atoms with Crippen LogP contribution in [0.4, 0.5) is 0 Å². The molecule has 0 aromatic carbocycles. The van der Waals surface area contributed by atoms with E-state index in [0.717, 1.165) is 4.34 Å². The number of rotatable bonds is 7. The van der Waals surface area contributed by atoms with Crippen LogP contribution >= 0.6 is 22.9 Å². The summed E-state index contributed by atoms with van der Waals surface area (Å²) in [5, 5.41) is 12.4. The van der Waals surface area contributed by atoms with Gasteiger partial charge < -0.3 is 15.2 Å². The van der Waals surface area contributed by atoms with E-state index in [-0.39, 0.29) is 18.7 Å². The molecule has 0 saturated carbocycles. The fraction of sp³-hybridized carbons (Fsp3) is 0.636. The van der Waals surface area contributed by atoms with Crippen molar-refractivity contribution in [3.8, 4) is 0 Å². The van der Waals surface area contributed by atoms with Crippen molar-refractivity contribution in [1.82, 2.24) is 5.32 Å². The van der Waals surface area contributed by atoms with Crippen LogP contribution in [0, 0.1) is 0 Å². The molecule has 0 radical (unpaired) electrons. The van der Waals surface area contributed by atoms with E-state index in [1.54, 1.807) is 18.4 Å².